The molecule has 0 aromatic heterocycles. The molecule has 312 valence electrons. The molecule has 1 aliphatic rings. The van der Waals surface area contributed by atoms with Crippen molar-refractivity contribution in [3.63, 3.8) is 0 Å². The van der Waals surface area contributed by atoms with Gasteiger partial charge in [-0.1, -0.05) is 18.2 Å². The highest BCUT2D eigenvalue weighted by atomic mass is 32.2. The SMILES string of the molecule is CCOC(=O)[C@H](C)OC(=O)[C@H](C)OC(=O)[C@H](C)OC(=O)[C@H](C)OC(=O)[C@H](C)OC(=O)[C@H](C)OC(=O)c1cc(N2CCCC2)c(Oc2ccccc2)c(S(N)(=O)=O)c1. The number of hydrogen-bond donors (Lipinski definition) is 1. The van der Waals surface area contributed by atoms with Crippen LogP contribution in [0.5, 0.6) is 11.5 Å². The first-order chi connectivity index (χ1) is 26.7. The minimum atomic E-state index is -4.46. The van der Waals surface area contributed by atoms with Gasteiger partial charge in [0.15, 0.2) is 42.4 Å². The van der Waals surface area contributed by atoms with Crippen molar-refractivity contribution in [2.45, 2.75) is 103 Å². The van der Waals surface area contributed by atoms with Gasteiger partial charge in [0.05, 0.1) is 17.9 Å². The highest BCUT2D eigenvalue weighted by molar-refractivity contribution is 7.89. The van der Waals surface area contributed by atoms with Crippen molar-refractivity contribution in [3.05, 3.63) is 48.0 Å². The molecule has 0 amide bonds. The number of primary sulfonamides is 1. The van der Waals surface area contributed by atoms with Crippen molar-refractivity contribution in [1.29, 1.82) is 0 Å². The number of rotatable bonds is 18. The predicted molar refractivity (Wildman–Crippen MR) is 195 cm³/mol. The maximum atomic E-state index is 13.3. The topological polar surface area (TPSA) is 257 Å². The van der Waals surface area contributed by atoms with E-state index >= 15 is 0 Å². The molecule has 6 atom stereocenters. The molecule has 19 nitrogen and oxygen atoms in total. The van der Waals surface area contributed by atoms with Crippen LogP contribution in [-0.2, 0) is 71.9 Å². The third-order valence-corrected chi connectivity index (χ3v) is 8.93. The number of benzene rings is 2. The first-order valence-electron chi connectivity index (χ1n) is 17.8. The molecule has 2 aromatic rings. The molecule has 0 radical (unpaired) electrons. The molecule has 0 aliphatic carbocycles. The van der Waals surface area contributed by atoms with Crippen LogP contribution in [0.1, 0.15) is 71.7 Å². The normalized spacial score (nSPS) is 15.7. The van der Waals surface area contributed by atoms with E-state index < -0.39 is 93.3 Å². The lowest BCUT2D eigenvalue weighted by molar-refractivity contribution is -0.187. The second-order valence-electron chi connectivity index (χ2n) is 12.7. The Kier molecular flexibility index (Phi) is 16.3. The molecule has 1 fully saturated rings. The summed E-state index contributed by atoms with van der Waals surface area (Å²) < 4.78 is 66.3. The fourth-order valence-corrected chi connectivity index (χ4v) is 5.64. The van der Waals surface area contributed by atoms with Gasteiger partial charge in [0.25, 0.3) is 0 Å². The first-order valence-corrected chi connectivity index (χ1v) is 19.4. The average molecular weight is 823 g/mol. The van der Waals surface area contributed by atoms with Gasteiger partial charge in [-0.05, 0) is 85.6 Å². The van der Waals surface area contributed by atoms with Crippen LogP contribution in [0.3, 0.4) is 0 Å². The third kappa shape index (κ3) is 13.2. The molecule has 0 saturated carbocycles. The summed E-state index contributed by atoms with van der Waals surface area (Å²) in [5.41, 5.74) is -0.00557. The number of sulfonamides is 1. The third-order valence-electron chi connectivity index (χ3n) is 8.01. The molecule has 3 rings (SSSR count). The highest BCUT2D eigenvalue weighted by Crippen LogP contribution is 2.40. The molecule has 0 bridgehead atoms. The smallest absolute Gasteiger partial charge is 0.348 e. The summed E-state index contributed by atoms with van der Waals surface area (Å²) in [5.74, 6) is -7.54. The van der Waals surface area contributed by atoms with Gasteiger partial charge in [0, 0.05) is 13.1 Å². The second-order valence-corrected chi connectivity index (χ2v) is 14.2. The molecule has 2 N–H and O–H groups in total. The van der Waals surface area contributed by atoms with Crippen LogP contribution in [0, 0.1) is 0 Å². The molecule has 20 heteroatoms. The number of esters is 7. The van der Waals surface area contributed by atoms with E-state index in [0.29, 0.717) is 18.8 Å². The minimum absolute atomic E-state index is 0.0565. The molecule has 0 spiro atoms. The van der Waals surface area contributed by atoms with Gasteiger partial charge >= 0.3 is 41.8 Å². The van der Waals surface area contributed by atoms with Crippen LogP contribution in [0.4, 0.5) is 5.69 Å². The summed E-state index contributed by atoms with van der Waals surface area (Å²) in [6.07, 6.45) is -7.63. The summed E-state index contributed by atoms with van der Waals surface area (Å²) in [6, 6.07) is 10.7. The summed E-state index contributed by atoms with van der Waals surface area (Å²) in [7, 11) is -4.46. The highest BCUT2D eigenvalue weighted by Gasteiger charge is 2.33. The Morgan fingerprint density at radius 1 is 0.632 bits per heavy atom. The number of para-hydroxylation sites is 1. The lowest BCUT2D eigenvalue weighted by Crippen LogP contribution is -2.39. The second kappa shape index (κ2) is 20.4. The van der Waals surface area contributed by atoms with Gasteiger partial charge in [-0.25, -0.2) is 47.1 Å². The van der Waals surface area contributed by atoms with Crippen LogP contribution in [0.25, 0.3) is 0 Å². The van der Waals surface area contributed by atoms with Crippen LogP contribution in [0.2, 0.25) is 0 Å². The Labute approximate surface area is 329 Å². The Morgan fingerprint density at radius 3 is 1.44 bits per heavy atom. The van der Waals surface area contributed by atoms with Gasteiger partial charge in [-0.2, -0.15) is 0 Å². The zero-order valence-electron chi connectivity index (χ0n) is 32.4. The fraction of sp³-hybridized carbons (Fsp3) is 0.486. The summed E-state index contributed by atoms with van der Waals surface area (Å²) >= 11 is 0. The van der Waals surface area contributed by atoms with Gasteiger partial charge in [0.2, 0.25) is 10.0 Å². The van der Waals surface area contributed by atoms with E-state index in [1.807, 2.05) is 4.90 Å². The van der Waals surface area contributed by atoms with Crippen molar-refractivity contribution in [3.8, 4) is 11.5 Å². The Morgan fingerprint density at radius 2 is 1.04 bits per heavy atom. The van der Waals surface area contributed by atoms with E-state index in [9.17, 15) is 42.0 Å². The van der Waals surface area contributed by atoms with Crippen molar-refractivity contribution < 1.29 is 79.9 Å². The minimum Gasteiger partial charge on any atom is -0.463 e. The Bertz CT molecular complexity index is 1910. The molecule has 1 heterocycles. The monoisotopic (exact) mass is 822 g/mol. The van der Waals surface area contributed by atoms with E-state index in [0.717, 1.165) is 53.5 Å². The van der Waals surface area contributed by atoms with Gasteiger partial charge in [-0.15, -0.1) is 0 Å². The standard InChI is InChI=1S/C37H46N2O17S/c1-8-49-31(40)20(2)50-32(41)21(3)51-33(42)22(4)52-34(43)23(5)53-35(44)24(6)54-36(45)25(7)55-37(46)26-18-28(39-16-12-13-17-39)30(29(19-26)57(38,47)48)56-27-14-10-9-11-15-27/h9-11,14-15,18-25H,8,12-13,16-17H2,1-7H3,(H2,38,47,48)/t20-,21-,22-,23-,24-,25-/m0/s1. The first kappa shape index (κ1) is 45.6. The zero-order chi connectivity index (χ0) is 42.6. The van der Waals surface area contributed by atoms with Crippen molar-refractivity contribution in [1.82, 2.24) is 0 Å². The number of anilines is 1. The van der Waals surface area contributed by atoms with Crippen molar-refractivity contribution >= 4 is 57.5 Å². The van der Waals surface area contributed by atoms with E-state index in [2.05, 4.69) is 0 Å². The van der Waals surface area contributed by atoms with E-state index in [4.69, 9.17) is 43.0 Å². The molecule has 1 saturated heterocycles. The number of ether oxygens (including phenoxy) is 8. The van der Waals surface area contributed by atoms with Crippen molar-refractivity contribution in [2.75, 3.05) is 24.6 Å². The molecular weight excluding hydrogens is 776 g/mol. The van der Waals surface area contributed by atoms with Gasteiger partial charge in [-0.3, -0.25) is 0 Å². The number of nitrogens with two attached hydrogens (primary N) is 1. The fourth-order valence-electron chi connectivity index (χ4n) is 4.95. The van der Waals surface area contributed by atoms with Crippen LogP contribution in [-0.4, -0.2) is 107 Å². The predicted octanol–water partition coefficient (Wildman–Crippen LogP) is 2.49. The van der Waals surface area contributed by atoms with Crippen molar-refractivity contribution in [2.24, 2.45) is 5.14 Å². The van der Waals surface area contributed by atoms with Gasteiger partial charge in [0.1, 0.15) is 10.6 Å². The molecule has 0 unspecified atom stereocenters. The molecule has 57 heavy (non-hydrogen) atoms. The Balaban J connectivity index is 1.59. The van der Waals surface area contributed by atoms with E-state index in [-0.39, 0.29) is 23.6 Å². The lowest BCUT2D eigenvalue weighted by Gasteiger charge is -2.24. The summed E-state index contributed by atoms with van der Waals surface area (Å²) in [4.78, 5) is 88.9. The average Bonchev–Trinajstić information content (AvgIpc) is 3.69. The van der Waals surface area contributed by atoms with Crippen LogP contribution in [0.15, 0.2) is 47.4 Å². The maximum Gasteiger partial charge on any atom is 0.348 e. The zero-order valence-corrected chi connectivity index (χ0v) is 33.2. The van der Waals surface area contributed by atoms with E-state index in [1.165, 1.54) is 13.0 Å². The number of carbonyl (C=O) groups excluding carboxylic acids is 7. The van der Waals surface area contributed by atoms with Crippen LogP contribution < -0.4 is 14.8 Å². The largest absolute Gasteiger partial charge is 0.463 e. The molecule has 2 aromatic carbocycles. The quantitative estimate of drug-likeness (QED) is 0.167. The number of carbonyl (C=O) groups is 7. The summed E-state index contributed by atoms with van der Waals surface area (Å²) in [5, 5.41) is 5.55. The number of hydrogen-bond acceptors (Lipinski definition) is 18. The number of nitrogens with zero attached hydrogens (tertiary/aromatic N) is 1. The maximum absolute atomic E-state index is 13.3. The lowest BCUT2D eigenvalue weighted by atomic mass is 10.1. The molecular formula is C37H46N2O17S. The summed E-state index contributed by atoms with van der Waals surface area (Å²) in [6.45, 7) is 9.60. The van der Waals surface area contributed by atoms with Gasteiger partial charge < -0.3 is 42.8 Å². The molecule has 1 aliphatic heterocycles. The Hall–Kier alpha value is -5.76. The van der Waals surface area contributed by atoms with E-state index in [1.54, 1.807) is 37.3 Å². The van der Waals surface area contributed by atoms with Crippen LogP contribution >= 0.6 is 0 Å².